The number of likely N-dealkylation sites (tertiary alicyclic amines) is 1. The van der Waals surface area contributed by atoms with Gasteiger partial charge >= 0.3 is 0 Å². The molecule has 1 amide bonds. The summed E-state index contributed by atoms with van der Waals surface area (Å²) in [4.78, 5) is 14.5. The van der Waals surface area contributed by atoms with E-state index in [0.717, 1.165) is 19.2 Å². The average molecular weight is 313 g/mol. The summed E-state index contributed by atoms with van der Waals surface area (Å²) in [6, 6.07) is 4.11. The Balaban J connectivity index is 1.88. The number of nitrogens with zero attached hydrogens (tertiary/aromatic N) is 1. The second-order valence-corrected chi connectivity index (χ2v) is 6.33. The summed E-state index contributed by atoms with van der Waals surface area (Å²) in [7, 11) is 0. The normalized spacial score (nSPS) is 21.0. The number of carbonyl (C=O) groups is 1. The van der Waals surface area contributed by atoms with E-state index >= 15 is 0 Å². The largest absolute Gasteiger partial charge is 0.350 e. The first kappa shape index (κ1) is 16.2. The van der Waals surface area contributed by atoms with Crippen LogP contribution in [0, 0.1) is 11.7 Å². The molecule has 1 aromatic rings. The van der Waals surface area contributed by atoms with Gasteiger partial charge < -0.3 is 5.32 Å². The molecule has 2 atom stereocenters. The van der Waals surface area contributed by atoms with E-state index in [4.69, 9.17) is 11.6 Å². The molecule has 1 saturated heterocycles. The number of piperidine rings is 1. The Morgan fingerprint density at radius 3 is 3.00 bits per heavy atom. The van der Waals surface area contributed by atoms with Crippen molar-refractivity contribution in [3.63, 3.8) is 0 Å². The van der Waals surface area contributed by atoms with Crippen LogP contribution in [0.4, 0.5) is 4.39 Å². The van der Waals surface area contributed by atoms with Crippen LogP contribution in [0.1, 0.15) is 37.0 Å². The number of halogens is 2. The first-order valence-corrected chi connectivity index (χ1v) is 7.82. The molecule has 1 fully saturated rings. The summed E-state index contributed by atoms with van der Waals surface area (Å²) in [5.41, 5.74) is 0.317. The van der Waals surface area contributed by atoms with Crippen molar-refractivity contribution in [2.45, 2.75) is 32.7 Å². The lowest BCUT2D eigenvalue weighted by molar-refractivity contribution is 0.0917. The standard InChI is InChI=1S/C16H22ClFN2O/c1-11-4-3-7-20(10-11)12(2)9-19-16(21)14-6-5-13(18)8-15(14)17/h5-6,8,11-12H,3-4,7,9-10H2,1-2H3,(H,19,21)/t11-,12-/m1/s1. The number of nitrogens with one attached hydrogen (secondary N) is 1. The molecule has 1 aliphatic rings. The molecule has 5 heteroatoms. The van der Waals surface area contributed by atoms with Gasteiger partial charge in [0.25, 0.3) is 5.91 Å². The Labute approximate surface area is 130 Å². The summed E-state index contributed by atoms with van der Waals surface area (Å²) in [5, 5.41) is 3.03. The monoisotopic (exact) mass is 312 g/mol. The van der Waals surface area contributed by atoms with Crippen molar-refractivity contribution < 1.29 is 9.18 Å². The molecule has 1 heterocycles. The molecule has 1 N–H and O–H groups in total. The smallest absolute Gasteiger partial charge is 0.252 e. The van der Waals surface area contributed by atoms with E-state index in [1.54, 1.807) is 0 Å². The van der Waals surface area contributed by atoms with Gasteiger partial charge in [-0.2, -0.15) is 0 Å². The molecular weight excluding hydrogens is 291 g/mol. The molecule has 0 bridgehead atoms. The molecule has 21 heavy (non-hydrogen) atoms. The van der Waals surface area contributed by atoms with Crippen LogP contribution in [-0.4, -0.2) is 36.5 Å². The Morgan fingerprint density at radius 2 is 2.33 bits per heavy atom. The van der Waals surface area contributed by atoms with Crippen LogP contribution in [0.5, 0.6) is 0 Å². The molecule has 0 spiro atoms. The van der Waals surface area contributed by atoms with Crippen LogP contribution in [-0.2, 0) is 0 Å². The van der Waals surface area contributed by atoms with Gasteiger partial charge in [0.2, 0.25) is 0 Å². The molecule has 2 rings (SSSR count). The number of hydrogen-bond acceptors (Lipinski definition) is 2. The van der Waals surface area contributed by atoms with Gasteiger partial charge in [0.1, 0.15) is 5.82 Å². The molecule has 1 aliphatic heterocycles. The third kappa shape index (κ3) is 4.42. The molecule has 0 aromatic heterocycles. The Morgan fingerprint density at radius 1 is 1.57 bits per heavy atom. The molecule has 116 valence electrons. The SMILES string of the molecule is C[C@@H]1CCCN([C@H](C)CNC(=O)c2ccc(F)cc2Cl)C1. The maximum Gasteiger partial charge on any atom is 0.252 e. The predicted octanol–water partition coefficient (Wildman–Crippen LogP) is 3.33. The fourth-order valence-electron chi connectivity index (χ4n) is 2.76. The van der Waals surface area contributed by atoms with Crippen LogP contribution in [0.2, 0.25) is 5.02 Å². The van der Waals surface area contributed by atoms with Crippen LogP contribution in [0.3, 0.4) is 0 Å². The average Bonchev–Trinajstić information content (AvgIpc) is 2.44. The fourth-order valence-corrected chi connectivity index (χ4v) is 3.02. The van der Waals surface area contributed by atoms with Gasteiger partial charge in [0.05, 0.1) is 10.6 Å². The first-order chi connectivity index (χ1) is 9.97. The maximum atomic E-state index is 13.0. The molecule has 0 aliphatic carbocycles. The topological polar surface area (TPSA) is 32.3 Å². The Bertz CT molecular complexity index is 509. The van der Waals surface area contributed by atoms with E-state index in [9.17, 15) is 9.18 Å². The summed E-state index contributed by atoms with van der Waals surface area (Å²) >= 11 is 5.90. The highest BCUT2D eigenvalue weighted by Gasteiger charge is 2.21. The molecule has 0 saturated carbocycles. The molecule has 0 unspecified atom stereocenters. The van der Waals surface area contributed by atoms with Crippen molar-refractivity contribution in [3.8, 4) is 0 Å². The maximum absolute atomic E-state index is 13.0. The van der Waals surface area contributed by atoms with Crippen LogP contribution in [0.25, 0.3) is 0 Å². The van der Waals surface area contributed by atoms with Gasteiger partial charge in [-0.3, -0.25) is 9.69 Å². The third-order valence-corrected chi connectivity index (χ3v) is 4.36. The second kappa shape index (κ2) is 7.23. The zero-order valence-corrected chi connectivity index (χ0v) is 13.3. The Kier molecular flexibility index (Phi) is 5.59. The van der Waals surface area contributed by atoms with E-state index in [0.29, 0.717) is 18.0 Å². The molecule has 0 radical (unpaired) electrons. The van der Waals surface area contributed by atoms with Crippen molar-refractivity contribution in [3.05, 3.63) is 34.6 Å². The third-order valence-electron chi connectivity index (χ3n) is 4.05. The summed E-state index contributed by atoms with van der Waals surface area (Å²) in [6.45, 7) is 7.10. The van der Waals surface area contributed by atoms with Crippen molar-refractivity contribution in [1.29, 1.82) is 0 Å². The zero-order valence-electron chi connectivity index (χ0n) is 12.5. The summed E-state index contributed by atoms with van der Waals surface area (Å²) < 4.78 is 13.0. The zero-order chi connectivity index (χ0) is 15.4. The lowest BCUT2D eigenvalue weighted by atomic mass is 9.99. The predicted molar refractivity (Wildman–Crippen MR) is 83.2 cm³/mol. The Hall–Kier alpha value is -1.13. The fraction of sp³-hybridized carbons (Fsp3) is 0.562. The van der Waals surface area contributed by atoms with Crippen molar-refractivity contribution >= 4 is 17.5 Å². The highest BCUT2D eigenvalue weighted by molar-refractivity contribution is 6.33. The second-order valence-electron chi connectivity index (χ2n) is 5.93. The van der Waals surface area contributed by atoms with E-state index in [2.05, 4.69) is 24.1 Å². The van der Waals surface area contributed by atoms with Crippen LogP contribution in [0.15, 0.2) is 18.2 Å². The number of hydrogen-bond donors (Lipinski definition) is 1. The van der Waals surface area contributed by atoms with Gasteiger partial charge in [-0.1, -0.05) is 18.5 Å². The quantitative estimate of drug-likeness (QED) is 0.925. The van der Waals surface area contributed by atoms with Gasteiger partial charge in [-0.05, 0) is 50.4 Å². The van der Waals surface area contributed by atoms with Crippen molar-refractivity contribution in [1.82, 2.24) is 10.2 Å². The summed E-state index contributed by atoms with van der Waals surface area (Å²) in [5.74, 6) is 0.0209. The van der Waals surface area contributed by atoms with Gasteiger partial charge in [-0.25, -0.2) is 4.39 Å². The molecule has 1 aromatic carbocycles. The molecule has 3 nitrogen and oxygen atoms in total. The van der Waals surface area contributed by atoms with E-state index in [-0.39, 0.29) is 17.0 Å². The number of amides is 1. The minimum absolute atomic E-state index is 0.145. The van der Waals surface area contributed by atoms with E-state index in [1.165, 1.54) is 25.0 Å². The number of carbonyl (C=O) groups excluding carboxylic acids is 1. The molecular formula is C16H22ClFN2O. The number of rotatable bonds is 4. The number of benzene rings is 1. The lowest BCUT2D eigenvalue weighted by Crippen LogP contribution is -2.46. The van der Waals surface area contributed by atoms with Crippen LogP contribution < -0.4 is 5.32 Å². The van der Waals surface area contributed by atoms with Crippen molar-refractivity contribution in [2.24, 2.45) is 5.92 Å². The summed E-state index contributed by atoms with van der Waals surface area (Å²) in [6.07, 6.45) is 2.49. The highest BCUT2D eigenvalue weighted by Crippen LogP contribution is 2.18. The van der Waals surface area contributed by atoms with E-state index < -0.39 is 5.82 Å². The van der Waals surface area contributed by atoms with Crippen LogP contribution >= 0.6 is 11.6 Å². The van der Waals surface area contributed by atoms with Gasteiger partial charge in [-0.15, -0.1) is 0 Å². The minimum atomic E-state index is -0.438. The van der Waals surface area contributed by atoms with Crippen molar-refractivity contribution in [2.75, 3.05) is 19.6 Å². The van der Waals surface area contributed by atoms with E-state index in [1.807, 2.05) is 0 Å². The highest BCUT2D eigenvalue weighted by atomic mass is 35.5. The minimum Gasteiger partial charge on any atom is -0.350 e. The first-order valence-electron chi connectivity index (χ1n) is 7.44. The lowest BCUT2D eigenvalue weighted by Gasteiger charge is -2.35. The van der Waals surface area contributed by atoms with Gasteiger partial charge in [0, 0.05) is 19.1 Å². The van der Waals surface area contributed by atoms with Gasteiger partial charge in [0.15, 0.2) is 0 Å².